The van der Waals surface area contributed by atoms with E-state index in [-0.39, 0.29) is 12.1 Å². The van der Waals surface area contributed by atoms with Crippen molar-refractivity contribution in [2.75, 3.05) is 0 Å². The smallest absolute Gasteiger partial charge is 0.138 e. The molecule has 2 N–H and O–H groups in total. The Hall–Kier alpha value is -1.16. The minimum absolute atomic E-state index is 0.184. The molecule has 3 atom stereocenters. The van der Waals surface area contributed by atoms with Gasteiger partial charge in [0.05, 0.1) is 12.2 Å². The van der Waals surface area contributed by atoms with Gasteiger partial charge in [-0.1, -0.05) is 19.3 Å². The third kappa shape index (κ3) is 3.11. The van der Waals surface area contributed by atoms with Gasteiger partial charge in [-0.25, -0.2) is 0 Å². The molecule has 4 heteroatoms. The molecule has 0 bridgehead atoms. The molecule has 1 heterocycles. The molecule has 1 aromatic rings. The van der Waals surface area contributed by atoms with Crippen molar-refractivity contribution < 1.29 is 10.3 Å². The summed E-state index contributed by atoms with van der Waals surface area (Å²) in [5.74, 6) is 0. The SMILES string of the molecule is [NH2+]=NC1CCC(n2cccc2)CC1OC1CCCCC1. The van der Waals surface area contributed by atoms with Crippen LogP contribution in [-0.2, 0) is 4.74 Å². The molecule has 4 nitrogen and oxygen atoms in total. The molecule has 110 valence electrons. The summed E-state index contributed by atoms with van der Waals surface area (Å²) in [6.45, 7) is 0. The summed E-state index contributed by atoms with van der Waals surface area (Å²) >= 11 is 0. The van der Waals surface area contributed by atoms with E-state index in [0.717, 1.165) is 19.3 Å². The summed E-state index contributed by atoms with van der Waals surface area (Å²) in [5.41, 5.74) is 5.60. The van der Waals surface area contributed by atoms with Crippen LogP contribution in [0.15, 0.2) is 29.6 Å². The number of aromatic nitrogens is 1. The van der Waals surface area contributed by atoms with Gasteiger partial charge < -0.3 is 9.30 Å². The van der Waals surface area contributed by atoms with Gasteiger partial charge in [-0.2, -0.15) is 5.53 Å². The van der Waals surface area contributed by atoms with Gasteiger partial charge in [0, 0.05) is 18.4 Å². The van der Waals surface area contributed by atoms with E-state index in [9.17, 15) is 0 Å². The van der Waals surface area contributed by atoms with Gasteiger partial charge in [0.1, 0.15) is 6.04 Å². The van der Waals surface area contributed by atoms with Crippen molar-refractivity contribution in [3.8, 4) is 0 Å². The van der Waals surface area contributed by atoms with Gasteiger partial charge in [0.25, 0.3) is 0 Å². The fraction of sp³-hybridized carbons (Fsp3) is 0.750. The maximum absolute atomic E-state index is 6.38. The Balaban J connectivity index is 1.63. The predicted octanol–water partition coefficient (Wildman–Crippen LogP) is 2.51. The first-order valence-electron chi connectivity index (χ1n) is 8.05. The minimum Gasteiger partial charge on any atom is -0.372 e. The summed E-state index contributed by atoms with van der Waals surface area (Å²) < 4.78 is 8.69. The van der Waals surface area contributed by atoms with Crippen LogP contribution in [0.3, 0.4) is 0 Å². The van der Waals surface area contributed by atoms with Crippen molar-refractivity contribution in [2.45, 2.75) is 75.7 Å². The van der Waals surface area contributed by atoms with Gasteiger partial charge in [-0.3, -0.25) is 0 Å². The fourth-order valence-corrected chi connectivity index (χ4v) is 3.72. The van der Waals surface area contributed by atoms with E-state index >= 15 is 0 Å². The quantitative estimate of drug-likeness (QED) is 0.844. The maximum Gasteiger partial charge on any atom is 0.138 e. The largest absolute Gasteiger partial charge is 0.372 e. The van der Waals surface area contributed by atoms with Gasteiger partial charge in [0.15, 0.2) is 0 Å². The third-order valence-corrected chi connectivity index (χ3v) is 4.89. The van der Waals surface area contributed by atoms with Crippen molar-refractivity contribution in [2.24, 2.45) is 5.11 Å². The lowest BCUT2D eigenvalue weighted by Crippen LogP contribution is -2.43. The average Bonchev–Trinajstić information content (AvgIpc) is 3.02. The van der Waals surface area contributed by atoms with Crippen molar-refractivity contribution in [1.82, 2.24) is 4.57 Å². The molecule has 0 amide bonds. The third-order valence-electron chi connectivity index (χ3n) is 4.89. The maximum atomic E-state index is 6.38. The van der Waals surface area contributed by atoms with E-state index < -0.39 is 0 Å². The van der Waals surface area contributed by atoms with E-state index in [0.29, 0.717) is 12.1 Å². The number of hydrogen-bond acceptors (Lipinski definition) is 2. The van der Waals surface area contributed by atoms with Crippen molar-refractivity contribution in [3.05, 3.63) is 24.5 Å². The molecule has 0 aliphatic heterocycles. The molecule has 0 spiro atoms. The molecule has 2 saturated carbocycles. The second kappa shape index (κ2) is 6.53. The van der Waals surface area contributed by atoms with Crippen molar-refractivity contribution >= 4 is 0 Å². The molecule has 2 aliphatic rings. The zero-order valence-electron chi connectivity index (χ0n) is 12.2. The Bertz CT molecular complexity index is 411. The van der Waals surface area contributed by atoms with Crippen LogP contribution in [0.4, 0.5) is 0 Å². The highest BCUT2D eigenvalue weighted by molar-refractivity contribution is 4.96. The summed E-state index contributed by atoms with van der Waals surface area (Å²) in [5, 5.41) is 4.08. The highest BCUT2D eigenvalue weighted by Gasteiger charge is 2.35. The average molecular weight is 276 g/mol. The van der Waals surface area contributed by atoms with Crippen molar-refractivity contribution in [1.29, 1.82) is 0 Å². The number of rotatable bonds is 4. The van der Waals surface area contributed by atoms with Crippen LogP contribution >= 0.6 is 0 Å². The minimum atomic E-state index is 0.184. The standard InChI is InChI=1S/C16H25N3O/c17-18-15-9-8-13(19-10-4-5-11-19)12-16(15)20-14-6-2-1-3-7-14/h4-5,10-11,13-17H,1-3,6-9,12H2/p+1. The molecular formula is C16H26N3O+. The normalized spacial score (nSPS) is 32.1. The molecule has 2 fully saturated rings. The zero-order valence-corrected chi connectivity index (χ0v) is 12.2. The Morgan fingerprint density at radius 3 is 2.45 bits per heavy atom. The van der Waals surface area contributed by atoms with E-state index in [2.05, 4.69) is 34.2 Å². The molecule has 3 unspecified atom stereocenters. The van der Waals surface area contributed by atoms with Crippen LogP contribution in [0.5, 0.6) is 0 Å². The monoisotopic (exact) mass is 276 g/mol. The topological polar surface area (TPSA) is 52.1 Å². The fourth-order valence-electron chi connectivity index (χ4n) is 3.72. The van der Waals surface area contributed by atoms with Crippen molar-refractivity contribution in [3.63, 3.8) is 0 Å². The van der Waals surface area contributed by atoms with Crippen LogP contribution in [0.1, 0.15) is 57.4 Å². The van der Waals surface area contributed by atoms with Crippen LogP contribution in [-0.4, -0.2) is 22.8 Å². The number of hydrogen-bond donors (Lipinski definition) is 1. The second-order valence-electron chi connectivity index (χ2n) is 6.25. The molecule has 20 heavy (non-hydrogen) atoms. The lowest BCUT2D eigenvalue weighted by atomic mass is 9.88. The van der Waals surface area contributed by atoms with E-state index in [1.165, 1.54) is 32.1 Å². The van der Waals surface area contributed by atoms with Gasteiger partial charge in [-0.15, -0.1) is 0 Å². The first-order chi connectivity index (χ1) is 9.86. The van der Waals surface area contributed by atoms with E-state index in [4.69, 9.17) is 10.3 Å². The Kier molecular flexibility index (Phi) is 4.51. The summed E-state index contributed by atoms with van der Waals surface area (Å²) in [6.07, 6.45) is 14.6. The molecule has 0 radical (unpaired) electrons. The number of nitrogens with zero attached hydrogens (tertiary/aromatic N) is 2. The molecule has 3 rings (SSSR count). The highest BCUT2D eigenvalue weighted by atomic mass is 16.5. The zero-order chi connectivity index (χ0) is 13.8. The Labute approximate surface area is 121 Å². The molecule has 0 aromatic carbocycles. The second-order valence-corrected chi connectivity index (χ2v) is 6.25. The molecule has 1 aromatic heterocycles. The summed E-state index contributed by atoms with van der Waals surface area (Å²) in [6, 6.07) is 4.91. The lowest BCUT2D eigenvalue weighted by molar-refractivity contribution is -0.239. The summed E-state index contributed by atoms with van der Waals surface area (Å²) in [7, 11) is 0. The lowest BCUT2D eigenvalue weighted by Gasteiger charge is -2.36. The van der Waals surface area contributed by atoms with Gasteiger partial charge in [0.2, 0.25) is 0 Å². The van der Waals surface area contributed by atoms with Crippen LogP contribution in [0.2, 0.25) is 0 Å². The van der Waals surface area contributed by atoms with E-state index in [1.54, 1.807) is 0 Å². The molecule has 2 aliphatic carbocycles. The van der Waals surface area contributed by atoms with Crippen LogP contribution in [0.25, 0.3) is 0 Å². The first-order valence-corrected chi connectivity index (χ1v) is 8.05. The Morgan fingerprint density at radius 2 is 1.75 bits per heavy atom. The van der Waals surface area contributed by atoms with Crippen LogP contribution < -0.4 is 5.53 Å². The summed E-state index contributed by atoms with van der Waals surface area (Å²) in [4.78, 5) is 0. The van der Waals surface area contributed by atoms with Crippen LogP contribution in [0, 0.1) is 0 Å². The predicted molar refractivity (Wildman–Crippen MR) is 77.2 cm³/mol. The molecular weight excluding hydrogens is 250 g/mol. The number of nitrogens with two attached hydrogens (primary N) is 1. The van der Waals surface area contributed by atoms with Gasteiger partial charge >= 0.3 is 0 Å². The van der Waals surface area contributed by atoms with E-state index in [1.807, 2.05) is 0 Å². The Morgan fingerprint density at radius 1 is 1.00 bits per heavy atom. The number of ether oxygens (including phenoxy) is 1. The first kappa shape index (κ1) is 13.8. The highest BCUT2D eigenvalue weighted by Crippen LogP contribution is 2.34. The van der Waals surface area contributed by atoms with Gasteiger partial charge in [-0.05, 0) is 49.4 Å². The molecule has 0 saturated heterocycles.